The van der Waals surface area contributed by atoms with Gasteiger partial charge in [0.2, 0.25) is 0 Å². The first kappa shape index (κ1) is 13.3. The van der Waals surface area contributed by atoms with Gasteiger partial charge in [0.25, 0.3) is 0 Å². The first-order valence-corrected chi connectivity index (χ1v) is 7.99. The van der Waals surface area contributed by atoms with Crippen LogP contribution in [0.15, 0.2) is 42.6 Å². The first-order valence-electron chi connectivity index (χ1n) is 7.99. The normalized spacial score (nSPS) is 15.4. The monoisotopic (exact) mass is 292 g/mol. The molecule has 2 aromatic heterocycles. The van der Waals surface area contributed by atoms with Crippen LogP contribution >= 0.6 is 0 Å². The third-order valence-electron chi connectivity index (χ3n) is 4.32. The van der Waals surface area contributed by atoms with Gasteiger partial charge in [-0.1, -0.05) is 30.3 Å². The molecule has 4 heteroatoms. The van der Waals surface area contributed by atoms with Crippen molar-refractivity contribution in [3.05, 3.63) is 48.3 Å². The zero-order chi connectivity index (χ0) is 14.9. The van der Waals surface area contributed by atoms with Gasteiger partial charge < -0.3 is 4.90 Å². The van der Waals surface area contributed by atoms with Gasteiger partial charge in [0.15, 0.2) is 5.65 Å². The third kappa shape index (κ3) is 2.25. The molecule has 1 aromatic carbocycles. The lowest BCUT2D eigenvalue weighted by Gasteiger charge is -2.28. The molecule has 0 spiro atoms. The molecule has 0 N–H and O–H groups in total. The molecule has 3 heterocycles. The lowest BCUT2D eigenvalue weighted by molar-refractivity contribution is 0.579. The highest BCUT2D eigenvalue weighted by molar-refractivity contribution is 5.86. The fourth-order valence-electron chi connectivity index (χ4n) is 3.21. The minimum absolute atomic E-state index is 0.973. The van der Waals surface area contributed by atoms with Crippen molar-refractivity contribution in [3.63, 3.8) is 0 Å². The Labute approximate surface area is 130 Å². The number of benzene rings is 1. The fraction of sp³-hybridized carbons (Fsp3) is 0.333. The van der Waals surface area contributed by atoms with Gasteiger partial charge in [-0.2, -0.15) is 5.10 Å². The van der Waals surface area contributed by atoms with Crippen molar-refractivity contribution in [1.82, 2.24) is 14.6 Å². The molecule has 0 amide bonds. The summed E-state index contributed by atoms with van der Waals surface area (Å²) in [5.41, 5.74) is 5.40. The number of aromatic nitrogens is 3. The highest BCUT2D eigenvalue weighted by Gasteiger charge is 2.22. The molecule has 4 rings (SSSR count). The van der Waals surface area contributed by atoms with Gasteiger partial charge in [0.05, 0.1) is 0 Å². The van der Waals surface area contributed by atoms with Crippen LogP contribution in [0.2, 0.25) is 0 Å². The Balaban J connectivity index is 1.94. The second-order valence-electron chi connectivity index (χ2n) is 5.95. The fourth-order valence-corrected chi connectivity index (χ4v) is 3.21. The van der Waals surface area contributed by atoms with Crippen molar-refractivity contribution in [2.75, 3.05) is 18.0 Å². The zero-order valence-electron chi connectivity index (χ0n) is 12.9. The molecule has 1 saturated heterocycles. The van der Waals surface area contributed by atoms with E-state index in [1.165, 1.54) is 24.9 Å². The van der Waals surface area contributed by atoms with E-state index in [-0.39, 0.29) is 0 Å². The van der Waals surface area contributed by atoms with Crippen LogP contribution in [0.25, 0.3) is 16.9 Å². The van der Waals surface area contributed by atoms with Crippen LogP contribution in [0.1, 0.15) is 25.0 Å². The summed E-state index contributed by atoms with van der Waals surface area (Å²) in [7, 11) is 0. The van der Waals surface area contributed by atoms with E-state index < -0.39 is 0 Å². The maximum absolute atomic E-state index is 4.81. The van der Waals surface area contributed by atoms with Crippen molar-refractivity contribution < 1.29 is 0 Å². The van der Waals surface area contributed by atoms with E-state index in [9.17, 15) is 0 Å². The summed E-state index contributed by atoms with van der Waals surface area (Å²) in [6.45, 7) is 4.22. The van der Waals surface area contributed by atoms with Gasteiger partial charge in [-0.05, 0) is 32.3 Å². The minimum Gasteiger partial charge on any atom is -0.367 e. The maximum atomic E-state index is 4.81. The van der Waals surface area contributed by atoms with Crippen LogP contribution in [-0.2, 0) is 0 Å². The summed E-state index contributed by atoms with van der Waals surface area (Å²) in [5, 5.41) is 4.81. The molecule has 0 unspecified atom stereocenters. The lowest BCUT2D eigenvalue weighted by atomic mass is 10.1. The van der Waals surface area contributed by atoms with Gasteiger partial charge in [0.1, 0.15) is 11.4 Å². The number of nitrogens with zero attached hydrogens (tertiary/aromatic N) is 4. The standard InChI is InChI=1S/C18H20N4/c1-14-10-13-22-18(19-14)17(21-11-6-3-7-12-21)16(20-22)15-8-4-2-5-9-15/h2,4-5,8-10,13H,3,6-7,11-12H2,1H3. The van der Waals surface area contributed by atoms with Crippen LogP contribution in [0.5, 0.6) is 0 Å². The number of anilines is 1. The molecule has 0 bridgehead atoms. The van der Waals surface area contributed by atoms with Gasteiger partial charge >= 0.3 is 0 Å². The second kappa shape index (κ2) is 5.44. The molecule has 0 atom stereocenters. The molecule has 3 aromatic rings. The van der Waals surface area contributed by atoms with Crippen LogP contribution in [0.3, 0.4) is 0 Å². The van der Waals surface area contributed by atoms with Crippen molar-refractivity contribution in [2.45, 2.75) is 26.2 Å². The Morgan fingerprint density at radius 1 is 0.955 bits per heavy atom. The average molecular weight is 292 g/mol. The predicted molar refractivity (Wildman–Crippen MR) is 89.2 cm³/mol. The quantitative estimate of drug-likeness (QED) is 0.722. The lowest BCUT2D eigenvalue weighted by Crippen LogP contribution is -2.29. The Hall–Kier alpha value is -2.36. The Kier molecular flexibility index (Phi) is 3.29. The van der Waals surface area contributed by atoms with E-state index >= 15 is 0 Å². The molecule has 0 saturated carbocycles. The SMILES string of the molecule is Cc1ccn2nc(-c3ccccc3)c(N3CCCCC3)c2n1. The first-order chi connectivity index (χ1) is 10.8. The number of aryl methyl sites for hydroxylation is 1. The van der Waals surface area contributed by atoms with E-state index in [0.29, 0.717) is 0 Å². The minimum atomic E-state index is 0.973. The summed E-state index contributed by atoms with van der Waals surface area (Å²) in [6.07, 6.45) is 5.83. The summed E-state index contributed by atoms with van der Waals surface area (Å²) in [4.78, 5) is 7.21. The van der Waals surface area contributed by atoms with E-state index in [0.717, 1.165) is 35.7 Å². The summed E-state index contributed by atoms with van der Waals surface area (Å²) >= 11 is 0. The number of hydrogen-bond donors (Lipinski definition) is 0. The summed E-state index contributed by atoms with van der Waals surface area (Å²) in [6, 6.07) is 12.4. The third-order valence-corrected chi connectivity index (χ3v) is 4.32. The Morgan fingerprint density at radius 2 is 1.73 bits per heavy atom. The van der Waals surface area contributed by atoms with Crippen molar-refractivity contribution in [1.29, 1.82) is 0 Å². The average Bonchev–Trinajstić information content (AvgIpc) is 2.95. The van der Waals surface area contributed by atoms with E-state index in [1.807, 2.05) is 29.8 Å². The van der Waals surface area contributed by atoms with E-state index in [4.69, 9.17) is 10.1 Å². The number of fused-ring (bicyclic) bond motifs is 1. The molecular formula is C18H20N4. The Morgan fingerprint density at radius 3 is 2.50 bits per heavy atom. The van der Waals surface area contributed by atoms with Crippen molar-refractivity contribution >= 4 is 11.3 Å². The number of rotatable bonds is 2. The molecule has 22 heavy (non-hydrogen) atoms. The molecule has 1 fully saturated rings. The molecule has 0 aliphatic carbocycles. The molecule has 0 radical (unpaired) electrons. The molecule has 4 nitrogen and oxygen atoms in total. The topological polar surface area (TPSA) is 33.4 Å². The second-order valence-corrected chi connectivity index (χ2v) is 5.95. The van der Waals surface area contributed by atoms with Gasteiger partial charge in [-0.15, -0.1) is 0 Å². The van der Waals surface area contributed by atoms with E-state index in [2.05, 4.69) is 29.2 Å². The summed E-state index contributed by atoms with van der Waals surface area (Å²) in [5.74, 6) is 0. The van der Waals surface area contributed by atoms with Gasteiger partial charge in [-0.25, -0.2) is 9.50 Å². The molecule has 1 aliphatic rings. The molecule has 112 valence electrons. The number of piperidine rings is 1. The van der Waals surface area contributed by atoms with Crippen LogP contribution in [0.4, 0.5) is 5.69 Å². The maximum Gasteiger partial charge on any atom is 0.179 e. The number of hydrogen-bond acceptors (Lipinski definition) is 3. The van der Waals surface area contributed by atoms with Crippen molar-refractivity contribution in [2.24, 2.45) is 0 Å². The van der Waals surface area contributed by atoms with Crippen LogP contribution < -0.4 is 4.90 Å². The van der Waals surface area contributed by atoms with Crippen molar-refractivity contribution in [3.8, 4) is 11.3 Å². The smallest absolute Gasteiger partial charge is 0.179 e. The largest absolute Gasteiger partial charge is 0.367 e. The molecular weight excluding hydrogens is 272 g/mol. The predicted octanol–water partition coefficient (Wildman–Crippen LogP) is 3.70. The summed E-state index contributed by atoms with van der Waals surface area (Å²) < 4.78 is 1.92. The van der Waals surface area contributed by atoms with Gasteiger partial charge in [0, 0.05) is 30.5 Å². The van der Waals surface area contributed by atoms with E-state index in [1.54, 1.807) is 0 Å². The van der Waals surface area contributed by atoms with Crippen LogP contribution in [-0.4, -0.2) is 27.7 Å². The van der Waals surface area contributed by atoms with Gasteiger partial charge in [-0.3, -0.25) is 0 Å². The van der Waals surface area contributed by atoms with Crippen LogP contribution in [0, 0.1) is 6.92 Å². The highest BCUT2D eigenvalue weighted by atomic mass is 15.3. The highest BCUT2D eigenvalue weighted by Crippen LogP contribution is 2.34. The molecule has 1 aliphatic heterocycles. The Bertz CT molecular complexity index is 785. The zero-order valence-corrected chi connectivity index (χ0v) is 12.9.